The van der Waals surface area contributed by atoms with Crippen LogP contribution in [-0.4, -0.2) is 53.5 Å². The van der Waals surface area contributed by atoms with E-state index in [1.807, 2.05) is 0 Å². The van der Waals surface area contributed by atoms with Gasteiger partial charge in [-0.1, -0.05) is 6.42 Å². The first-order chi connectivity index (χ1) is 9.49. The third-order valence-corrected chi connectivity index (χ3v) is 5.62. The standard InChI is InChI=1S/C12H27N3O4S2/c1-12(2,15-20(3,16)17)10-14-21(18,19)9-7-11-6-4-5-8-13-11/h11,13-15H,4-10H2,1-3H3. The van der Waals surface area contributed by atoms with Gasteiger partial charge in [-0.25, -0.2) is 26.3 Å². The van der Waals surface area contributed by atoms with Gasteiger partial charge in [0, 0.05) is 18.1 Å². The molecule has 21 heavy (non-hydrogen) atoms. The van der Waals surface area contributed by atoms with Crippen LogP contribution in [0.4, 0.5) is 0 Å². The summed E-state index contributed by atoms with van der Waals surface area (Å²) in [5, 5.41) is 3.31. The van der Waals surface area contributed by atoms with Crippen LogP contribution in [0.25, 0.3) is 0 Å². The van der Waals surface area contributed by atoms with Crippen molar-refractivity contribution in [1.29, 1.82) is 0 Å². The van der Waals surface area contributed by atoms with Crippen molar-refractivity contribution in [1.82, 2.24) is 14.8 Å². The van der Waals surface area contributed by atoms with Crippen LogP contribution >= 0.6 is 0 Å². The Hall–Kier alpha value is -0.220. The lowest BCUT2D eigenvalue weighted by atomic mass is 10.0. The van der Waals surface area contributed by atoms with Crippen LogP contribution in [0.2, 0.25) is 0 Å². The molecular formula is C12H27N3O4S2. The third-order valence-electron chi connectivity index (χ3n) is 3.34. The Kier molecular flexibility index (Phi) is 6.60. The minimum absolute atomic E-state index is 0.0283. The maximum atomic E-state index is 12.0. The lowest BCUT2D eigenvalue weighted by molar-refractivity contribution is 0.391. The van der Waals surface area contributed by atoms with Gasteiger partial charge < -0.3 is 5.32 Å². The van der Waals surface area contributed by atoms with Gasteiger partial charge in [0.25, 0.3) is 0 Å². The van der Waals surface area contributed by atoms with E-state index < -0.39 is 25.6 Å². The predicted octanol–water partition coefficient (Wildman–Crippen LogP) is -0.234. The number of hydrogen-bond acceptors (Lipinski definition) is 5. The minimum atomic E-state index is -3.39. The Balaban J connectivity index is 2.41. The van der Waals surface area contributed by atoms with Crippen molar-refractivity contribution >= 4 is 20.0 Å². The van der Waals surface area contributed by atoms with Gasteiger partial charge in [0.2, 0.25) is 20.0 Å². The SMILES string of the molecule is CC(C)(CNS(=O)(=O)CCC1CCCCN1)NS(C)(=O)=O. The van der Waals surface area contributed by atoms with E-state index in [0.717, 1.165) is 32.1 Å². The lowest BCUT2D eigenvalue weighted by Gasteiger charge is -2.26. The molecule has 1 heterocycles. The van der Waals surface area contributed by atoms with Crippen LogP contribution in [-0.2, 0) is 20.0 Å². The average Bonchev–Trinajstić information content (AvgIpc) is 2.33. The van der Waals surface area contributed by atoms with E-state index in [0.29, 0.717) is 6.42 Å². The Labute approximate surface area is 128 Å². The van der Waals surface area contributed by atoms with E-state index in [1.54, 1.807) is 13.8 Å². The summed E-state index contributed by atoms with van der Waals surface area (Å²) in [5.74, 6) is 0.0552. The van der Waals surface area contributed by atoms with Gasteiger partial charge in [-0.05, 0) is 39.7 Å². The maximum absolute atomic E-state index is 12.0. The molecular weight excluding hydrogens is 314 g/mol. The Morgan fingerprint density at radius 1 is 1.19 bits per heavy atom. The molecule has 1 unspecified atom stereocenters. The van der Waals surface area contributed by atoms with Crippen LogP contribution < -0.4 is 14.8 Å². The number of piperidine rings is 1. The Bertz CT molecular complexity index is 523. The van der Waals surface area contributed by atoms with E-state index in [4.69, 9.17) is 0 Å². The first-order valence-electron chi connectivity index (χ1n) is 7.19. The number of nitrogens with one attached hydrogen (secondary N) is 3. The molecule has 0 aromatic heterocycles. The molecule has 0 radical (unpaired) electrons. The molecule has 126 valence electrons. The van der Waals surface area contributed by atoms with E-state index in [-0.39, 0.29) is 18.3 Å². The quantitative estimate of drug-likeness (QED) is 0.565. The predicted molar refractivity (Wildman–Crippen MR) is 84.1 cm³/mol. The van der Waals surface area contributed by atoms with E-state index in [1.165, 1.54) is 0 Å². The first-order valence-corrected chi connectivity index (χ1v) is 10.7. The van der Waals surface area contributed by atoms with Crippen LogP contribution in [0, 0.1) is 0 Å². The lowest BCUT2D eigenvalue weighted by Crippen LogP contribution is -2.51. The van der Waals surface area contributed by atoms with Crippen LogP contribution in [0.5, 0.6) is 0 Å². The summed E-state index contributed by atoms with van der Waals surface area (Å²) in [5.41, 5.74) is -0.857. The van der Waals surface area contributed by atoms with Crippen molar-refractivity contribution in [2.24, 2.45) is 0 Å². The fourth-order valence-corrected chi connectivity index (χ4v) is 4.76. The van der Waals surface area contributed by atoms with Gasteiger partial charge in [0.05, 0.1) is 12.0 Å². The summed E-state index contributed by atoms with van der Waals surface area (Å²) >= 11 is 0. The topological polar surface area (TPSA) is 104 Å². The fourth-order valence-electron chi connectivity index (χ4n) is 2.37. The number of hydrogen-bond donors (Lipinski definition) is 3. The molecule has 1 aliphatic rings. The molecule has 7 nitrogen and oxygen atoms in total. The molecule has 9 heteroatoms. The second-order valence-electron chi connectivity index (χ2n) is 6.33. The van der Waals surface area contributed by atoms with Crippen LogP contribution in [0.1, 0.15) is 39.5 Å². The highest BCUT2D eigenvalue weighted by molar-refractivity contribution is 7.89. The van der Waals surface area contributed by atoms with Crippen molar-refractivity contribution in [3.8, 4) is 0 Å². The molecule has 1 saturated heterocycles. The summed E-state index contributed by atoms with van der Waals surface area (Å²) in [6, 6.07) is 0.262. The zero-order valence-electron chi connectivity index (χ0n) is 13.0. The molecule has 0 aromatic rings. The summed E-state index contributed by atoms with van der Waals surface area (Å²) in [6.07, 6.45) is 4.92. The van der Waals surface area contributed by atoms with Crippen molar-refractivity contribution in [2.45, 2.75) is 51.1 Å². The molecule has 1 fully saturated rings. The van der Waals surface area contributed by atoms with Gasteiger partial charge in [-0.15, -0.1) is 0 Å². The molecule has 0 saturated carbocycles. The molecule has 0 aromatic carbocycles. The van der Waals surface area contributed by atoms with Crippen molar-refractivity contribution < 1.29 is 16.8 Å². The number of sulfonamides is 2. The monoisotopic (exact) mass is 341 g/mol. The second-order valence-corrected chi connectivity index (χ2v) is 10.0. The highest BCUT2D eigenvalue weighted by atomic mass is 32.2. The molecule has 0 amide bonds. The molecule has 1 rings (SSSR count). The summed E-state index contributed by atoms with van der Waals surface area (Å²) in [7, 11) is -6.77. The molecule has 0 spiro atoms. The normalized spacial score (nSPS) is 21.4. The fraction of sp³-hybridized carbons (Fsp3) is 1.00. The molecule has 0 bridgehead atoms. The van der Waals surface area contributed by atoms with Gasteiger partial charge >= 0.3 is 0 Å². The van der Waals surface area contributed by atoms with Crippen LogP contribution in [0.3, 0.4) is 0 Å². The maximum Gasteiger partial charge on any atom is 0.211 e. The van der Waals surface area contributed by atoms with E-state index >= 15 is 0 Å². The molecule has 1 aliphatic heterocycles. The minimum Gasteiger partial charge on any atom is -0.314 e. The van der Waals surface area contributed by atoms with Crippen molar-refractivity contribution in [3.05, 3.63) is 0 Å². The van der Waals surface area contributed by atoms with Gasteiger partial charge in [0.1, 0.15) is 0 Å². The van der Waals surface area contributed by atoms with Gasteiger partial charge in [0.15, 0.2) is 0 Å². The zero-order chi connectivity index (χ0) is 16.1. The third kappa shape index (κ3) is 8.72. The summed E-state index contributed by atoms with van der Waals surface area (Å²) in [4.78, 5) is 0. The Morgan fingerprint density at radius 2 is 1.86 bits per heavy atom. The van der Waals surface area contributed by atoms with Crippen molar-refractivity contribution in [3.63, 3.8) is 0 Å². The van der Waals surface area contributed by atoms with E-state index in [2.05, 4.69) is 14.8 Å². The van der Waals surface area contributed by atoms with Gasteiger partial charge in [-0.3, -0.25) is 0 Å². The largest absolute Gasteiger partial charge is 0.314 e. The molecule has 0 aliphatic carbocycles. The highest BCUT2D eigenvalue weighted by Gasteiger charge is 2.25. The molecule has 3 N–H and O–H groups in total. The van der Waals surface area contributed by atoms with Gasteiger partial charge in [-0.2, -0.15) is 0 Å². The highest BCUT2D eigenvalue weighted by Crippen LogP contribution is 2.11. The average molecular weight is 341 g/mol. The van der Waals surface area contributed by atoms with Crippen LogP contribution in [0.15, 0.2) is 0 Å². The van der Waals surface area contributed by atoms with E-state index in [9.17, 15) is 16.8 Å². The second kappa shape index (κ2) is 7.36. The summed E-state index contributed by atoms with van der Waals surface area (Å²) < 4.78 is 51.2. The smallest absolute Gasteiger partial charge is 0.211 e. The molecule has 1 atom stereocenters. The number of rotatable bonds is 8. The van der Waals surface area contributed by atoms with Crippen molar-refractivity contribution in [2.75, 3.05) is 25.1 Å². The Morgan fingerprint density at radius 3 is 2.38 bits per heavy atom. The first kappa shape index (κ1) is 18.8. The zero-order valence-corrected chi connectivity index (χ0v) is 14.6. The summed E-state index contributed by atoms with van der Waals surface area (Å²) in [6.45, 7) is 4.25.